The SMILES string of the molecule is Cc1cnnc2ncsc12. The molecule has 0 bridgehead atoms. The topological polar surface area (TPSA) is 38.7 Å². The van der Waals surface area contributed by atoms with Gasteiger partial charge in [-0.05, 0) is 12.5 Å². The summed E-state index contributed by atoms with van der Waals surface area (Å²) in [5, 5.41) is 7.63. The molecule has 4 heteroatoms. The maximum absolute atomic E-state index is 4.02. The zero-order valence-electron chi connectivity index (χ0n) is 5.40. The Morgan fingerprint density at radius 3 is 3.20 bits per heavy atom. The van der Waals surface area contributed by atoms with Crippen LogP contribution in [0.5, 0.6) is 0 Å². The van der Waals surface area contributed by atoms with Crippen LogP contribution in [0.2, 0.25) is 0 Å². The number of rotatable bonds is 0. The molecule has 0 amide bonds. The van der Waals surface area contributed by atoms with Gasteiger partial charge in [-0.25, -0.2) is 4.98 Å². The zero-order chi connectivity index (χ0) is 6.97. The fourth-order valence-electron chi connectivity index (χ4n) is 0.810. The lowest BCUT2D eigenvalue weighted by Gasteiger charge is -1.87. The van der Waals surface area contributed by atoms with Gasteiger partial charge in [-0.2, -0.15) is 5.10 Å². The van der Waals surface area contributed by atoms with E-state index in [1.54, 1.807) is 23.0 Å². The smallest absolute Gasteiger partial charge is 0.192 e. The van der Waals surface area contributed by atoms with E-state index in [4.69, 9.17) is 0 Å². The van der Waals surface area contributed by atoms with Gasteiger partial charge in [0.05, 0.1) is 16.4 Å². The Hall–Kier alpha value is -1.03. The number of thiazole rings is 1. The number of nitrogens with zero attached hydrogens (tertiary/aromatic N) is 3. The minimum atomic E-state index is 0.755. The summed E-state index contributed by atoms with van der Waals surface area (Å²) in [7, 11) is 0. The van der Waals surface area contributed by atoms with Crippen molar-refractivity contribution in [3.8, 4) is 0 Å². The maximum Gasteiger partial charge on any atom is 0.192 e. The lowest BCUT2D eigenvalue weighted by molar-refractivity contribution is 1.05. The Kier molecular flexibility index (Phi) is 1.14. The highest BCUT2D eigenvalue weighted by molar-refractivity contribution is 7.16. The molecule has 0 aliphatic heterocycles. The van der Waals surface area contributed by atoms with Crippen molar-refractivity contribution in [2.45, 2.75) is 6.92 Å². The normalized spacial score (nSPS) is 10.5. The molecule has 0 aliphatic rings. The second-order valence-corrected chi connectivity index (χ2v) is 2.89. The summed E-state index contributed by atoms with van der Waals surface area (Å²) < 4.78 is 1.13. The van der Waals surface area contributed by atoms with E-state index in [0.717, 1.165) is 15.9 Å². The van der Waals surface area contributed by atoms with Crippen molar-refractivity contribution in [3.05, 3.63) is 17.3 Å². The molecule has 0 fully saturated rings. The van der Waals surface area contributed by atoms with Crippen molar-refractivity contribution in [2.75, 3.05) is 0 Å². The summed E-state index contributed by atoms with van der Waals surface area (Å²) in [4.78, 5) is 4.02. The molecule has 3 nitrogen and oxygen atoms in total. The van der Waals surface area contributed by atoms with E-state index in [0.29, 0.717) is 0 Å². The summed E-state index contributed by atoms with van der Waals surface area (Å²) in [5.41, 5.74) is 3.68. The molecule has 10 heavy (non-hydrogen) atoms. The summed E-state index contributed by atoms with van der Waals surface area (Å²) in [6, 6.07) is 0. The van der Waals surface area contributed by atoms with Crippen LogP contribution in [0.1, 0.15) is 5.56 Å². The first kappa shape index (κ1) is 5.73. The Balaban J connectivity index is 2.95. The predicted molar refractivity (Wildman–Crippen MR) is 39.9 cm³/mol. The summed E-state index contributed by atoms with van der Waals surface area (Å²) in [6.45, 7) is 2.01. The van der Waals surface area contributed by atoms with Gasteiger partial charge in [0.1, 0.15) is 0 Å². The lowest BCUT2D eigenvalue weighted by Crippen LogP contribution is -1.82. The molecule has 0 aliphatic carbocycles. The van der Waals surface area contributed by atoms with Crippen LogP contribution >= 0.6 is 11.3 Å². The molecule has 0 spiro atoms. The molecule has 0 saturated carbocycles. The standard InChI is InChI=1S/C6H5N3S/c1-4-2-8-9-6-5(4)10-3-7-6/h2-3H,1H3. The minimum Gasteiger partial charge on any atom is -0.223 e. The second kappa shape index (κ2) is 1.98. The van der Waals surface area contributed by atoms with Gasteiger partial charge in [0, 0.05) is 0 Å². The molecule has 0 saturated heterocycles. The minimum absolute atomic E-state index is 0.755. The van der Waals surface area contributed by atoms with Gasteiger partial charge in [0.2, 0.25) is 0 Å². The Morgan fingerprint density at radius 1 is 1.50 bits per heavy atom. The molecule has 0 atom stereocenters. The molecular formula is C6H5N3S. The zero-order valence-corrected chi connectivity index (χ0v) is 6.22. The van der Waals surface area contributed by atoms with Crippen LogP contribution in [0.15, 0.2) is 11.7 Å². The summed E-state index contributed by atoms with van der Waals surface area (Å²) in [5.74, 6) is 0. The monoisotopic (exact) mass is 151 g/mol. The first-order valence-electron chi connectivity index (χ1n) is 2.89. The van der Waals surface area contributed by atoms with Gasteiger partial charge in [0.15, 0.2) is 5.65 Å². The quantitative estimate of drug-likeness (QED) is 0.571. The average molecular weight is 151 g/mol. The highest BCUT2D eigenvalue weighted by atomic mass is 32.1. The maximum atomic E-state index is 4.02. The van der Waals surface area contributed by atoms with Gasteiger partial charge in [-0.1, -0.05) is 0 Å². The Morgan fingerprint density at radius 2 is 2.40 bits per heavy atom. The molecule has 0 radical (unpaired) electrons. The molecule has 0 aromatic carbocycles. The van der Waals surface area contributed by atoms with Crippen molar-refractivity contribution in [1.29, 1.82) is 0 Å². The third-order valence-corrected chi connectivity index (χ3v) is 2.26. The molecule has 2 rings (SSSR count). The van der Waals surface area contributed by atoms with E-state index in [9.17, 15) is 0 Å². The van der Waals surface area contributed by atoms with Gasteiger partial charge in [-0.3, -0.25) is 0 Å². The van der Waals surface area contributed by atoms with Crippen LogP contribution in [-0.2, 0) is 0 Å². The third-order valence-electron chi connectivity index (χ3n) is 1.31. The predicted octanol–water partition coefficient (Wildman–Crippen LogP) is 1.39. The van der Waals surface area contributed by atoms with E-state index in [1.165, 1.54) is 0 Å². The fraction of sp³-hybridized carbons (Fsp3) is 0.167. The van der Waals surface area contributed by atoms with Crippen LogP contribution in [0, 0.1) is 6.92 Å². The van der Waals surface area contributed by atoms with Crippen LogP contribution in [0.3, 0.4) is 0 Å². The number of aryl methyl sites for hydroxylation is 1. The highest BCUT2D eigenvalue weighted by Crippen LogP contribution is 2.17. The average Bonchev–Trinajstić information content (AvgIpc) is 2.36. The van der Waals surface area contributed by atoms with Gasteiger partial charge in [-0.15, -0.1) is 16.4 Å². The van der Waals surface area contributed by atoms with Crippen LogP contribution in [0.4, 0.5) is 0 Å². The molecule has 0 unspecified atom stereocenters. The molecule has 2 heterocycles. The number of hydrogen-bond donors (Lipinski definition) is 0. The van der Waals surface area contributed by atoms with Crippen LogP contribution in [-0.4, -0.2) is 15.2 Å². The fourth-order valence-corrected chi connectivity index (χ4v) is 1.51. The van der Waals surface area contributed by atoms with E-state index < -0.39 is 0 Å². The van der Waals surface area contributed by atoms with Crippen molar-refractivity contribution >= 4 is 21.7 Å². The molecule has 2 aromatic heterocycles. The first-order chi connectivity index (χ1) is 4.88. The van der Waals surface area contributed by atoms with E-state index in [-0.39, 0.29) is 0 Å². The largest absolute Gasteiger partial charge is 0.223 e. The number of fused-ring (bicyclic) bond motifs is 1. The number of hydrogen-bond acceptors (Lipinski definition) is 4. The van der Waals surface area contributed by atoms with Gasteiger partial charge in [0.25, 0.3) is 0 Å². The van der Waals surface area contributed by atoms with Crippen molar-refractivity contribution in [2.24, 2.45) is 0 Å². The molecule has 50 valence electrons. The molecule has 2 aromatic rings. The van der Waals surface area contributed by atoms with E-state index in [2.05, 4.69) is 15.2 Å². The highest BCUT2D eigenvalue weighted by Gasteiger charge is 1.99. The van der Waals surface area contributed by atoms with Crippen LogP contribution in [0.25, 0.3) is 10.3 Å². The Labute approximate surface area is 61.7 Å². The van der Waals surface area contributed by atoms with Crippen molar-refractivity contribution < 1.29 is 0 Å². The second-order valence-electron chi connectivity index (χ2n) is 2.03. The number of aromatic nitrogens is 3. The lowest BCUT2D eigenvalue weighted by atomic mass is 10.3. The molecule has 0 N–H and O–H groups in total. The third kappa shape index (κ3) is 0.690. The van der Waals surface area contributed by atoms with E-state index >= 15 is 0 Å². The van der Waals surface area contributed by atoms with Crippen molar-refractivity contribution in [1.82, 2.24) is 15.2 Å². The van der Waals surface area contributed by atoms with Crippen molar-refractivity contribution in [3.63, 3.8) is 0 Å². The van der Waals surface area contributed by atoms with Gasteiger partial charge < -0.3 is 0 Å². The Bertz CT molecular complexity index is 355. The van der Waals surface area contributed by atoms with E-state index in [1.807, 2.05) is 6.92 Å². The summed E-state index contributed by atoms with van der Waals surface area (Å²) >= 11 is 1.60. The van der Waals surface area contributed by atoms with Crippen LogP contribution < -0.4 is 0 Å². The first-order valence-corrected chi connectivity index (χ1v) is 3.77. The van der Waals surface area contributed by atoms with Gasteiger partial charge >= 0.3 is 0 Å². The summed E-state index contributed by atoms with van der Waals surface area (Å²) in [6.07, 6.45) is 1.75. The molecular weight excluding hydrogens is 146 g/mol.